The maximum Gasteiger partial charge on any atom is 0.163 e. The van der Waals surface area contributed by atoms with Crippen LogP contribution >= 0.6 is 0 Å². The number of unbranched alkanes of at least 4 members (excludes halogenated alkanes) is 5. The Morgan fingerprint density at radius 1 is 1.00 bits per heavy atom. The number of ether oxygens (including phenoxy) is 2. The van der Waals surface area contributed by atoms with Crippen molar-refractivity contribution < 1.29 is 9.47 Å². The maximum absolute atomic E-state index is 5.73. The summed E-state index contributed by atoms with van der Waals surface area (Å²) in [5.74, 6) is 1.49. The number of nitrogen functional groups attached to an aromatic ring is 1. The molecule has 1 aromatic rings. The molecule has 0 bridgehead atoms. The molecule has 0 unspecified atom stereocenters. The van der Waals surface area contributed by atoms with E-state index in [4.69, 9.17) is 15.2 Å². The first kappa shape index (κ1) is 14.7. The molecule has 0 atom stereocenters. The second-order valence-corrected chi connectivity index (χ2v) is 4.53. The Bertz CT molecular complexity index is 339. The average molecular weight is 251 g/mol. The molecule has 0 aliphatic heterocycles. The molecule has 0 fully saturated rings. The first-order valence-electron chi connectivity index (χ1n) is 6.84. The second kappa shape index (κ2) is 8.67. The van der Waals surface area contributed by atoms with Gasteiger partial charge in [-0.1, -0.05) is 39.0 Å². The molecule has 0 radical (unpaired) electrons. The minimum absolute atomic E-state index is 0.703. The fourth-order valence-corrected chi connectivity index (χ4v) is 1.87. The largest absolute Gasteiger partial charge is 0.493 e. The van der Waals surface area contributed by atoms with Gasteiger partial charge in [0.15, 0.2) is 11.5 Å². The molecule has 18 heavy (non-hydrogen) atoms. The van der Waals surface area contributed by atoms with Crippen LogP contribution in [-0.4, -0.2) is 13.7 Å². The summed E-state index contributed by atoms with van der Waals surface area (Å²) >= 11 is 0. The van der Waals surface area contributed by atoms with Gasteiger partial charge in [0.1, 0.15) is 0 Å². The molecule has 0 amide bonds. The van der Waals surface area contributed by atoms with E-state index in [1.54, 1.807) is 7.11 Å². The van der Waals surface area contributed by atoms with Gasteiger partial charge in [-0.05, 0) is 18.6 Å². The summed E-state index contributed by atoms with van der Waals surface area (Å²) in [4.78, 5) is 0. The van der Waals surface area contributed by atoms with Crippen LogP contribution in [0.4, 0.5) is 5.69 Å². The summed E-state index contributed by atoms with van der Waals surface area (Å²) in [6.07, 6.45) is 7.57. The lowest BCUT2D eigenvalue weighted by Gasteiger charge is -2.11. The van der Waals surface area contributed by atoms with Crippen LogP contribution in [0.2, 0.25) is 0 Å². The average Bonchev–Trinajstić information content (AvgIpc) is 2.38. The van der Waals surface area contributed by atoms with Crippen molar-refractivity contribution in [2.24, 2.45) is 0 Å². The molecule has 3 nitrogen and oxygen atoms in total. The quantitative estimate of drug-likeness (QED) is 0.532. The van der Waals surface area contributed by atoms with Gasteiger partial charge in [0, 0.05) is 11.8 Å². The van der Waals surface area contributed by atoms with Crippen molar-refractivity contribution in [1.29, 1.82) is 0 Å². The second-order valence-electron chi connectivity index (χ2n) is 4.53. The number of anilines is 1. The van der Waals surface area contributed by atoms with E-state index in [1.807, 2.05) is 18.2 Å². The minimum Gasteiger partial charge on any atom is -0.493 e. The topological polar surface area (TPSA) is 44.5 Å². The lowest BCUT2D eigenvalue weighted by molar-refractivity contribution is 0.285. The Balaban J connectivity index is 2.24. The van der Waals surface area contributed by atoms with Crippen LogP contribution in [0.5, 0.6) is 11.5 Å². The molecule has 0 aromatic heterocycles. The van der Waals surface area contributed by atoms with Crippen LogP contribution in [0.25, 0.3) is 0 Å². The summed E-state index contributed by atoms with van der Waals surface area (Å²) in [5.41, 5.74) is 6.43. The highest BCUT2D eigenvalue weighted by Crippen LogP contribution is 2.29. The van der Waals surface area contributed by atoms with Crippen LogP contribution in [0, 0.1) is 0 Å². The lowest BCUT2D eigenvalue weighted by atomic mass is 10.1. The standard InChI is InChI=1S/C15H25NO2/c1-3-4-5-6-7-8-11-18-15-12-13(16)9-10-14(15)17-2/h9-10,12H,3-8,11,16H2,1-2H3. The zero-order valence-corrected chi connectivity index (χ0v) is 11.6. The van der Waals surface area contributed by atoms with Gasteiger partial charge in [-0.2, -0.15) is 0 Å². The van der Waals surface area contributed by atoms with Crippen molar-refractivity contribution in [3.8, 4) is 11.5 Å². The number of hydrogen-bond acceptors (Lipinski definition) is 3. The summed E-state index contributed by atoms with van der Waals surface area (Å²) < 4.78 is 10.9. The number of nitrogens with two attached hydrogens (primary N) is 1. The Labute approximate surface area is 110 Å². The van der Waals surface area contributed by atoms with Crippen LogP contribution in [-0.2, 0) is 0 Å². The highest BCUT2D eigenvalue weighted by molar-refractivity contribution is 5.51. The third-order valence-electron chi connectivity index (χ3n) is 2.94. The molecule has 0 heterocycles. The van der Waals surface area contributed by atoms with Gasteiger partial charge in [-0.15, -0.1) is 0 Å². The Kier molecular flexibility index (Phi) is 7.07. The lowest BCUT2D eigenvalue weighted by Crippen LogP contribution is -2.00. The Hall–Kier alpha value is -1.38. The highest BCUT2D eigenvalue weighted by Gasteiger charge is 2.04. The van der Waals surface area contributed by atoms with E-state index in [0.29, 0.717) is 5.69 Å². The summed E-state index contributed by atoms with van der Waals surface area (Å²) in [7, 11) is 1.64. The molecule has 0 aliphatic carbocycles. The van der Waals surface area contributed by atoms with Crippen LogP contribution < -0.4 is 15.2 Å². The zero-order chi connectivity index (χ0) is 13.2. The van der Waals surface area contributed by atoms with Crippen molar-refractivity contribution in [2.45, 2.75) is 45.4 Å². The Morgan fingerprint density at radius 2 is 1.72 bits per heavy atom. The Morgan fingerprint density at radius 3 is 2.44 bits per heavy atom. The van der Waals surface area contributed by atoms with E-state index in [-0.39, 0.29) is 0 Å². The molecule has 0 saturated carbocycles. The molecule has 3 heteroatoms. The number of methoxy groups -OCH3 is 1. The third-order valence-corrected chi connectivity index (χ3v) is 2.94. The predicted molar refractivity (Wildman–Crippen MR) is 76.3 cm³/mol. The predicted octanol–water partition coefficient (Wildman–Crippen LogP) is 4.02. The number of benzene rings is 1. The van der Waals surface area contributed by atoms with Crippen LogP contribution in [0.1, 0.15) is 45.4 Å². The van der Waals surface area contributed by atoms with Crippen LogP contribution in [0.15, 0.2) is 18.2 Å². The minimum atomic E-state index is 0.703. The van der Waals surface area contributed by atoms with Gasteiger partial charge in [0.2, 0.25) is 0 Å². The normalized spacial score (nSPS) is 10.3. The molecule has 0 aliphatic rings. The molecular weight excluding hydrogens is 226 g/mol. The summed E-state index contributed by atoms with van der Waals surface area (Å²) in [5, 5.41) is 0. The first-order chi connectivity index (χ1) is 8.77. The monoisotopic (exact) mass is 251 g/mol. The fraction of sp³-hybridized carbons (Fsp3) is 0.600. The molecule has 1 rings (SSSR count). The van der Waals surface area contributed by atoms with E-state index in [1.165, 1.54) is 32.1 Å². The van der Waals surface area contributed by atoms with Gasteiger partial charge < -0.3 is 15.2 Å². The van der Waals surface area contributed by atoms with E-state index >= 15 is 0 Å². The number of hydrogen-bond donors (Lipinski definition) is 1. The molecule has 102 valence electrons. The molecule has 1 aromatic carbocycles. The molecule has 0 saturated heterocycles. The summed E-state index contributed by atoms with van der Waals surface area (Å²) in [6.45, 7) is 2.96. The smallest absolute Gasteiger partial charge is 0.163 e. The third kappa shape index (κ3) is 5.30. The van der Waals surface area contributed by atoms with Crippen molar-refractivity contribution in [3.63, 3.8) is 0 Å². The molecule has 2 N–H and O–H groups in total. The van der Waals surface area contributed by atoms with E-state index in [2.05, 4.69) is 6.92 Å². The molecular formula is C15H25NO2. The van der Waals surface area contributed by atoms with Gasteiger partial charge in [-0.3, -0.25) is 0 Å². The van der Waals surface area contributed by atoms with E-state index in [0.717, 1.165) is 24.5 Å². The molecule has 0 spiro atoms. The maximum atomic E-state index is 5.73. The van der Waals surface area contributed by atoms with E-state index < -0.39 is 0 Å². The van der Waals surface area contributed by atoms with Crippen molar-refractivity contribution in [3.05, 3.63) is 18.2 Å². The van der Waals surface area contributed by atoms with Gasteiger partial charge >= 0.3 is 0 Å². The zero-order valence-electron chi connectivity index (χ0n) is 11.6. The van der Waals surface area contributed by atoms with Gasteiger partial charge in [-0.25, -0.2) is 0 Å². The fourth-order valence-electron chi connectivity index (χ4n) is 1.87. The van der Waals surface area contributed by atoms with Crippen LogP contribution in [0.3, 0.4) is 0 Å². The highest BCUT2D eigenvalue weighted by atomic mass is 16.5. The summed E-state index contributed by atoms with van der Waals surface area (Å²) in [6, 6.07) is 5.47. The van der Waals surface area contributed by atoms with Crippen molar-refractivity contribution in [2.75, 3.05) is 19.5 Å². The SMILES string of the molecule is CCCCCCCCOc1cc(N)ccc1OC. The van der Waals surface area contributed by atoms with E-state index in [9.17, 15) is 0 Å². The van der Waals surface area contributed by atoms with Crippen molar-refractivity contribution in [1.82, 2.24) is 0 Å². The van der Waals surface area contributed by atoms with Crippen molar-refractivity contribution >= 4 is 5.69 Å². The van der Waals surface area contributed by atoms with Gasteiger partial charge in [0.05, 0.1) is 13.7 Å². The first-order valence-corrected chi connectivity index (χ1v) is 6.84. The van der Waals surface area contributed by atoms with Gasteiger partial charge in [0.25, 0.3) is 0 Å². The number of rotatable bonds is 9.